The molecule has 2 saturated carbocycles. The van der Waals surface area contributed by atoms with Gasteiger partial charge in [-0.3, -0.25) is 0 Å². The number of fused-ring (bicyclic) bond motifs is 2. The third-order valence-electron chi connectivity index (χ3n) is 5.25. The van der Waals surface area contributed by atoms with E-state index >= 15 is 0 Å². The third-order valence-corrected chi connectivity index (χ3v) is 5.25. The Labute approximate surface area is 103 Å². The molecule has 0 radical (unpaired) electrons. The van der Waals surface area contributed by atoms with Gasteiger partial charge in [0.15, 0.2) is 0 Å². The smallest absolute Gasteiger partial charge is 0.124 e. The molecule has 17 heavy (non-hydrogen) atoms. The monoisotopic (exact) mass is 234 g/mol. The van der Waals surface area contributed by atoms with E-state index in [9.17, 15) is 0 Å². The number of hydrogen-bond donors (Lipinski definition) is 1. The largest absolute Gasteiger partial charge is 0.364 e. The highest BCUT2D eigenvalue weighted by Crippen LogP contribution is 2.62. The highest BCUT2D eigenvalue weighted by atomic mass is 16.5. The minimum atomic E-state index is 0.413. The van der Waals surface area contributed by atoms with Gasteiger partial charge >= 0.3 is 0 Å². The van der Waals surface area contributed by atoms with E-state index in [1.807, 2.05) is 6.07 Å². The van der Waals surface area contributed by atoms with Crippen molar-refractivity contribution in [1.29, 1.82) is 0 Å². The maximum absolute atomic E-state index is 4.88. The van der Waals surface area contributed by atoms with Crippen LogP contribution in [-0.2, 0) is 6.54 Å². The zero-order valence-corrected chi connectivity index (χ0v) is 11.0. The Hall–Kier alpha value is -0.830. The van der Waals surface area contributed by atoms with Gasteiger partial charge in [0.05, 0.1) is 5.69 Å². The minimum absolute atomic E-state index is 0.413. The van der Waals surface area contributed by atoms with E-state index < -0.39 is 0 Å². The first-order valence-corrected chi connectivity index (χ1v) is 6.65. The lowest BCUT2D eigenvalue weighted by Crippen LogP contribution is -2.49. The molecule has 0 spiro atoms. The summed E-state index contributed by atoms with van der Waals surface area (Å²) in [6, 6.07) is 2.54. The molecule has 0 aromatic carbocycles. The summed E-state index contributed by atoms with van der Waals surface area (Å²) < 4.78 is 4.88. The fraction of sp³-hybridized carbons (Fsp3) is 0.786. The zero-order valence-electron chi connectivity index (χ0n) is 11.0. The molecule has 3 rings (SSSR count). The molecule has 0 amide bonds. The Morgan fingerprint density at radius 3 is 2.88 bits per heavy atom. The minimum Gasteiger partial charge on any atom is -0.364 e. The Morgan fingerprint density at radius 2 is 2.29 bits per heavy atom. The van der Waals surface area contributed by atoms with Crippen molar-refractivity contribution in [2.75, 3.05) is 0 Å². The van der Waals surface area contributed by atoms with Crippen LogP contribution in [-0.4, -0.2) is 11.2 Å². The molecule has 2 aliphatic rings. The molecular weight excluding hydrogens is 212 g/mol. The molecule has 1 unspecified atom stereocenters. The van der Waals surface area contributed by atoms with E-state index in [0.717, 1.165) is 18.2 Å². The van der Waals surface area contributed by atoms with Crippen LogP contribution in [0.1, 0.15) is 45.7 Å². The SMILES string of the molecule is CC1(C)C(NCc2ccon2)[C@]2(C)CC[C@H]1C2. The summed E-state index contributed by atoms with van der Waals surface area (Å²) >= 11 is 0. The second kappa shape index (κ2) is 3.58. The molecular formula is C14H22N2O. The van der Waals surface area contributed by atoms with Crippen molar-refractivity contribution in [3.05, 3.63) is 18.0 Å². The molecule has 94 valence electrons. The zero-order chi connectivity index (χ0) is 12.1. The van der Waals surface area contributed by atoms with E-state index in [2.05, 4.69) is 31.2 Å². The Morgan fingerprint density at radius 1 is 1.47 bits per heavy atom. The number of nitrogens with zero attached hydrogens (tertiary/aromatic N) is 1. The van der Waals surface area contributed by atoms with Crippen molar-refractivity contribution < 1.29 is 4.52 Å². The lowest BCUT2D eigenvalue weighted by atomic mass is 9.68. The first-order chi connectivity index (χ1) is 8.02. The summed E-state index contributed by atoms with van der Waals surface area (Å²) in [6.07, 6.45) is 5.81. The van der Waals surface area contributed by atoms with Crippen LogP contribution in [0.5, 0.6) is 0 Å². The van der Waals surface area contributed by atoms with Crippen LogP contribution >= 0.6 is 0 Å². The average molecular weight is 234 g/mol. The lowest BCUT2D eigenvalue weighted by Gasteiger charge is -2.43. The third kappa shape index (κ3) is 1.63. The van der Waals surface area contributed by atoms with Crippen LogP contribution < -0.4 is 5.32 Å². The van der Waals surface area contributed by atoms with Gasteiger partial charge in [-0.25, -0.2) is 0 Å². The molecule has 3 nitrogen and oxygen atoms in total. The van der Waals surface area contributed by atoms with E-state index in [1.54, 1.807) is 6.26 Å². The maximum atomic E-state index is 4.88. The molecule has 2 bridgehead atoms. The number of aromatic nitrogens is 1. The lowest BCUT2D eigenvalue weighted by molar-refractivity contribution is 0.107. The van der Waals surface area contributed by atoms with Crippen LogP contribution in [0.25, 0.3) is 0 Å². The van der Waals surface area contributed by atoms with Crippen molar-refractivity contribution in [2.45, 2.75) is 52.6 Å². The predicted octanol–water partition coefficient (Wildman–Crippen LogP) is 2.98. The molecule has 1 heterocycles. The van der Waals surface area contributed by atoms with Gasteiger partial charge in [0.1, 0.15) is 6.26 Å². The van der Waals surface area contributed by atoms with Gasteiger partial charge in [-0.2, -0.15) is 0 Å². The fourth-order valence-corrected chi connectivity index (χ4v) is 4.35. The van der Waals surface area contributed by atoms with Gasteiger partial charge in [0, 0.05) is 18.7 Å². The highest BCUT2D eigenvalue weighted by Gasteiger charge is 2.58. The van der Waals surface area contributed by atoms with Gasteiger partial charge in [0.25, 0.3) is 0 Å². The Balaban J connectivity index is 1.74. The van der Waals surface area contributed by atoms with Crippen molar-refractivity contribution in [1.82, 2.24) is 10.5 Å². The standard InChI is InChI=1S/C14H22N2O/c1-13(2)10-4-6-14(3,8-10)12(13)15-9-11-5-7-17-16-11/h5,7,10,12,15H,4,6,8-9H2,1-3H3/t10-,12?,14+/m0/s1. The van der Waals surface area contributed by atoms with Gasteiger partial charge in [-0.1, -0.05) is 25.9 Å². The van der Waals surface area contributed by atoms with E-state index in [0.29, 0.717) is 16.9 Å². The van der Waals surface area contributed by atoms with Crippen molar-refractivity contribution in [2.24, 2.45) is 16.7 Å². The number of rotatable bonds is 3. The molecule has 1 aromatic rings. The summed E-state index contributed by atoms with van der Waals surface area (Å²) in [5.41, 5.74) is 1.90. The Bertz CT molecular complexity index is 394. The summed E-state index contributed by atoms with van der Waals surface area (Å²) in [5.74, 6) is 0.891. The topological polar surface area (TPSA) is 38.1 Å². The van der Waals surface area contributed by atoms with Crippen molar-refractivity contribution in [3.8, 4) is 0 Å². The van der Waals surface area contributed by atoms with Crippen LogP contribution in [0, 0.1) is 16.7 Å². The molecule has 3 heteroatoms. The fourth-order valence-electron chi connectivity index (χ4n) is 4.35. The van der Waals surface area contributed by atoms with E-state index in [4.69, 9.17) is 4.52 Å². The molecule has 3 atom stereocenters. The number of hydrogen-bond acceptors (Lipinski definition) is 3. The normalized spacial score (nSPS) is 38.8. The summed E-state index contributed by atoms with van der Waals surface area (Å²) in [4.78, 5) is 0. The van der Waals surface area contributed by atoms with Crippen molar-refractivity contribution >= 4 is 0 Å². The van der Waals surface area contributed by atoms with Crippen LogP contribution in [0.2, 0.25) is 0 Å². The molecule has 1 N–H and O–H groups in total. The van der Waals surface area contributed by atoms with Gasteiger partial charge in [-0.15, -0.1) is 0 Å². The van der Waals surface area contributed by atoms with Crippen LogP contribution in [0.3, 0.4) is 0 Å². The highest BCUT2D eigenvalue weighted by molar-refractivity contribution is 5.12. The van der Waals surface area contributed by atoms with Gasteiger partial charge in [0.2, 0.25) is 0 Å². The Kier molecular flexibility index (Phi) is 2.37. The predicted molar refractivity (Wildman–Crippen MR) is 66.4 cm³/mol. The molecule has 2 aliphatic carbocycles. The summed E-state index contributed by atoms with van der Waals surface area (Å²) in [5, 5.41) is 7.70. The quantitative estimate of drug-likeness (QED) is 0.873. The molecule has 0 saturated heterocycles. The average Bonchev–Trinajstić information content (AvgIpc) is 2.90. The first-order valence-electron chi connectivity index (χ1n) is 6.65. The second-order valence-corrected chi connectivity index (χ2v) is 6.72. The summed E-state index contributed by atoms with van der Waals surface area (Å²) in [6.45, 7) is 8.11. The maximum Gasteiger partial charge on any atom is 0.124 e. The van der Waals surface area contributed by atoms with E-state index in [-0.39, 0.29) is 0 Å². The molecule has 0 aliphatic heterocycles. The first kappa shape index (κ1) is 11.3. The van der Waals surface area contributed by atoms with E-state index in [1.165, 1.54) is 19.3 Å². The summed E-state index contributed by atoms with van der Waals surface area (Å²) in [7, 11) is 0. The molecule has 2 fully saturated rings. The van der Waals surface area contributed by atoms with Crippen LogP contribution in [0.15, 0.2) is 16.9 Å². The van der Waals surface area contributed by atoms with Crippen LogP contribution in [0.4, 0.5) is 0 Å². The second-order valence-electron chi connectivity index (χ2n) is 6.72. The van der Waals surface area contributed by atoms with Gasteiger partial charge < -0.3 is 9.84 Å². The van der Waals surface area contributed by atoms with Crippen molar-refractivity contribution in [3.63, 3.8) is 0 Å². The van der Waals surface area contributed by atoms with Gasteiger partial charge in [-0.05, 0) is 36.0 Å². The number of nitrogens with one attached hydrogen (secondary N) is 1. The molecule has 1 aromatic heterocycles.